The molecule has 1 unspecified atom stereocenters. The number of nitrogens with one attached hydrogen (secondary N) is 1. The van der Waals surface area contributed by atoms with Gasteiger partial charge in [-0.05, 0) is 12.5 Å². The normalized spacial score (nSPS) is 13.3. The van der Waals surface area contributed by atoms with Crippen molar-refractivity contribution in [2.24, 2.45) is 12.8 Å². The summed E-state index contributed by atoms with van der Waals surface area (Å²) in [4.78, 5) is 11.6. The van der Waals surface area contributed by atoms with E-state index in [0.29, 0.717) is 0 Å². The van der Waals surface area contributed by atoms with Crippen molar-refractivity contribution in [2.75, 3.05) is 12.0 Å². The highest BCUT2D eigenvalue weighted by molar-refractivity contribution is 7.90. The second kappa shape index (κ2) is 5.96. The van der Waals surface area contributed by atoms with Gasteiger partial charge in [0.2, 0.25) is 5.91 Å². The van der Waals surface area contributed by atoms with Crippen LogP contribution < -0.4 is 11.1 Å². The van der Waals surface area contributed by atoms with Gasteiger partial charge in [-0.3, -0.25) is 9.48 Å². The SMILES string of the molecule is Cn1ccc(CNC(=O)C(N)CCS(C)(=O)=O)n1. The fourth-order valence-electron chi connectivity index (χ4n) is 1.34. The number of nitrogens with two attached hydrogens (primary N) is 1. The van der Waals surface area contributed by atoms with E-state index >= 15 is 0 Å². The molecule has 8 heteroatoms. The summed E-state index contributed by atoms with van der Waals surface area (Å²) in [5.74, 6) is -0.463. The lowest BCUT2D eigenvalue weighted by molar-refractivity contribution is -0.122. The molecule has 0 aliphatic carbocycles. The molecule has 102 valence electrons. The van der Waals surface area contributed by atoms with E-state index in [0.717, 1.165) is 11.9 Å². The van der Waals surface area contributed by atoms with E-state index < -0.39 is 15.9 Å². The lowest BCUT2D eigenvalue weighted by atomic mass is 10.2. The molecule has 1 heterocycles. The maximum Gasteiger partial charge on any atom is 0.237 e. The van der Waals surface area contributed by atoms with Crippen molar-refractivity contribution in [3.63, 3.8) is 0 Å². The number of hydrogen-bond donors (Lipinski definition) is 2. The van der Waals surface area contributed by atoms with Gasteiger partial charge in [-0.2, -0.15) is 5.10 Å². The van der Waals surface area contributed by atoms with Crippen molar-refractivity contribution in [2.45, 2.75) is 19.0 Å². The van der Waals surface area contributed by atoms with Gasteiger partial charge in [0.05, 0.1) is 24.0 Å². The number of aryl methyl sites for hydroxylation is 1. The van der Waals surface area contributed by atoms with Crippen molar-refractivity contribution < 1.29 is 13.2 Å². The van der Waals surface area contributed by atoms with E-state index in [1.165, 1.54) is 0 Å². The molecule has 1 amide bonds. The maximum absolute atomic E-state index is 11.6. The average Bonchev–Trinajstić information content (AvgIpc) is 2.67. The zero-order valence-corrected chi connectivity index (χ0v) is 11.3. The molecule has 7 nitrogen and oxygen atoms in total. The van der Waals surface area contributed by atoms with E-state index in [1.54, 1.807) is 24.0 Å². The summed E-state index contributed by atoms with van der Waals surface area (Å²) in [5, 5.41) is 6.71. The maximum atomic E-state index is 11.6. The van der Waals surface area contributed by atoms with Crippen LogP contribution in [0, 0.1) is 0 Å². The van der Waals surface area contributed by atoms with Gasteiger partial charge in [-0.1, -0.05) is 0 Å². The third kappa shape index (κ3) is 5.28. The standard InChI is InChI=1S/C10H18N4O3S/c1-14-5-3-8(13-14)7-12-10(15)9(11)4-6-18(2,16)17/h3,5,9H,4,6-7,11H2,1-2H3,(H,12,15). The summed E-state index contributed by atoms with van der Waals surface area (Å²) in [6.45, 7) is 0.284. The Hall–Kier alpha value is -1.41. The fourth-order valence-corrected chi connectivity index (χ4v) is 2.02. The van der Waals surface area contributed by atoms with E-state index in [9.17, 15) is 13.2 Å². The molecule has 0 fully saturated rings. The van der Waals surface area contributed by atoms with E-state index in [2.05, 4.69) is 10.4 Å². The predicted molar refractivity (Wildman–Crippen MR) is 67.4 cm³/mol. The van der Waals surface area contributed by atoms with Crippen LogP contribution in [0.25, 0.3) is 0 Å². The third-order valence-corrected chi connectivity index (χ3v) is 3.33. The topological polar surface area (TPSA) is 107 Å². The molecule has 0 aliphatic rings. The Bertz CT molecular complexity index is 509. The van der Waals surface area contributed by atoms with E-state index in [-0.39, 0.29) is 24.6 Å². The van der Waals surface area contributed by atoms with Crippen LogP contribution in [0.3, 0.4) is 0 Å². The Labute approximate surface area is 106 Å². The quantitative estimate of drug-likeness (QED) is 0.677. The smallest absolute Gasteiger partial charge is 0.237 e. The Kier molecular flexibility index (Phi) is 4.85. The minimum absolute atomic E-state index is 0.0921. The summed E-state index contributed by atoms with van der Waals surface area (Å²) >= 11 is 0. The van der Waals surface area contributed by atoms with Crippen molar-refractivity contribution >= 4 is 15.7 Å². The summed E-state index contributed by atoms with van der Waals surface area (Å²) in [6, 6.07) is 0.964. The monoisotopic (exact) mass is 274 g/mol. The lowest BCUT2D eigenvalue weighted by Crippen LogP contribution is -2.41. The zero-order valence-electron chi connectivity index (χ0n) is 10.5. The Morgan fingerprint density at radius 1 is 1.61 bits per heavy atom. The van der Waals surface area contributed by atoms with Gasteiger partial charge >= 0.3 is 0 Å². The first-order chi connectivity index (χ1) is 8.28. The molecule has 0 bridgehead atoms. The number of amides is 1. The van der Waals surface area contributed by atoms with Gasteiger partial charge in [-0.15, -0.1) is 0 Å². The third-order valence-electron chi connectivity index (χ3n) is 2.35. The predicted octanol–water partition coefficient (Wildman–Crippen LogP) is -1.20. The summed E-state index contributed by atoms with van der Waals surface area (Å²) in [5.41, 5.74) is 6.31. The zero-order chi connectivity index (χ0) is 13.8. The molecule has 0 spiro atoms. The molecule has 1 atom stereocenters. The van der Waals surface area contributed by atoms with Crippen molar-refractivity contribution in [3.8, 4) is 0 Å². The second-order valence-electron chi connectivity index (χ2n) is 4.22. The molecule has 0 saturated heterocycles. The molecule has 0 radical (unpaired) electrons. The van der Waals surface area contributed by atoms with Gasteiger partial charge in [-0.25, -0.2) is 8.42 Å². The first-order valence-electron chi connectivity index (χ1n) is 5.47. The number of sulfone groups is 1. The van der Waals surface area contributed by atoms with Crippen LogP contribution in [0.2, 0.25) is 0 Å². The molecule has 0 aromatic carbocycles. The largest absolute Gasteiger partial charge is 0.349 e. The highest BCUT2D eigenvalue weighted by atomic mass is 32.2. The van der Waals surface area contributed by atoms with Gasteiger partial charge in [0, 0.05) is 19.5 Å². The van der Waals surface area contributed by atoms with Gasteiger partial charge in [0.15, 0.2) is 0 Å². The second-order valence-corrected chi connectivity index (χ2v) is 6.48. The van der Waals surface area contributed by atoms with Crippen LogP contribution in [0.15, 0.2) is 12.3 Å². The Balaban J connectivity index is 2.36. The van der Waals surface area contributed by atoms with E-state index in [1.807, 2.05) is 0 Å². The highest BCUT2D eigenvalue weighted by Gasteiger charge is 2.15. The molecule has 1 rings (SSSR count). The number of nitrogens with zero attached hydrogens (tertiary/aromatic N) is 2. The summed E-state index contributed by atoms with van der Waals surface area (Å²) < 4.78 is 23.5. The van der Waals surface area contributed by atoms with Crippen molar-refractivity contribution in [1.82, 2.24) is 15.1 Å². The van der Waals surface area contributed by atoms with Crippen LogP contribution >= 0.6 is 0 Å². The van der Waals surface area contributed by atoms with Crippen LogP contribution in [-0.2, 0) is 28.2 Å². The first-order valence-corrected chi connectivity index (χ1v) is 7.53. The number of aromatic nitrogens is 2. The van der Waals surface area contributed by atoms with Crippen LogP contribution in [0.4, 0.5) is 0 Å². The Morgan fingerprint density at radius 2 is 2.28 bits per heavy atom. The van der Waals surface area contributed by atoms with Gasteiger partial charge < -0.3 is 11.1 Å². The van der Waals surface area contributed by atoms with Crippen molar-refractivity contribution in [1.29, 1.82) is 0 Å². The number of hydrogen-bond acceptors (Lipinski definition) is 5. The molecule has 0 saturated carbocycles. The number of rotatable bonds is 6. The van der Waals surface area contributed by atoms with E-state index in [4.69, 9.17) is 5.73 Å². The van der Waals surface area contributed by atoms with Crippen LogP contribution in [0.1, 0.15) is 12.1 Å². The molecule has 3 N–H and O–H groups in total. The molecular formula is C10H18N4O3S. The summed E-state index contributed by atoms with van der Waals surface area (Å²) in [6.07, 6.45) is 3.00. The molecule has 1 aromatic rings. The highest BCUT2D eigenvalue weighted by Crippen LogP contribution is 1.96. The first kappa shape index (κ1) is 14.7. The molecule has 0 aliphatic heterocycles. The van der Waals surface area contributed by atoms with Crippen LogP contribution in [-0.4, -0.2) is 42.2 Å². The molecular weight excluding hydrogens is 256 g/mol. The van der Waals surface area contributed by atoms with Gasteiger partial charge in [0.1, 0.15) is 9.84 Å². The minimum atomic E-state index is -3.09. The van der Waals surface area contributed by atoms with Crippen molar-refractivity contribution in [3.05, 3.63) is 18.0 Å². The number of carbonyl (C=O) groups is 1. The van der Waals surface area contributed by atoms with Crippen LogP contribution in [0.5, 0.6) is 0 Å². The molecule has 1 aromatic heterocycles. The van der Waals surface area contributed by atoms with Gasteiger partial charge in [0.25, 0.3) is 0 Å². The Morgan fingerprint density at radius 3 is 2.78 bits per heavy atom. The lowest BCUT2D eigenvalue weighted by Gasteiger charge is -2.10. The molecule has 18 heavy (non-hydrogen) atoms. The fraction of sp³-hybridized carbons (Fsp3) is 0.600. The average molecular weight is 274 g/mol. The summed E-state index contributed by atoms with van der Waals surface area (Å²) in [7, 11) is -1.31. The number of carbonyl (C=O) groups excluding carboxylic acids is 1. The minimum Gasteiger partial charge on any atom is -0.349 e.